The van der Waals surface area contributed by atoms with Crippen molar-refractivity contribution in [3.05, 3.63) is 90.5 Å². The fraction of sp³-hybridized carbons (Fsp3) is 0.0526. The molecule has 0 saturated carbocycles. The van der Waals surface area contributed by atoms with Crippen molar-refractivity contribution in [3.63, 3.8) is 0 Å². The largest absolute Gasteiger partial charge is 0.277 e. The van der Waals surface area contributed by atoms with Crippen LogP contribution < -0.4 is 3.71 Å². The summed E-state index contributed by atoms with van der Waals surface area (Å²) in [6, 6.07) is 21.3. The molecular weight excluding hydrogens is 450 g/mol. The van der Waals surface area contributed by atoms with Crippen molar-refractivity contribution in [2.75, 3.05) is 3.71 Å². The molecule has 0 heterocycles. The van der Waals surface area contributed by atoms with E-state index < -0.39 is 20.0 Å². The van der Waals surface area contributed by atoms with Gasteiger partial charge in [0.2, 0.25) is 0 Å². The van der Waals surface area contributed by atoms with E-state index in [0.717, 1.165) is 5.56 Å². The summed E-state index contributed by atoms with van der Waals surface area (Å²) in [5.74, 6) is 0. The maximum absolute atomic E-state index is 13.2. The Morgan fingerprint density at radius 1 is 0.630 bits per heavy atom. The molecule has 0 spiro atoms. The van der Waals surface area contributed by atoms with Crippen LogP contribution in [0.25, 0.3) is 0 Å². The fourth-order valence-corrected chi connectivity index (χ4v) is 6.60. The first kappa shape index (κ1) is 19.6. The number of halogens is 1. The first-order valence-corrected chi connectivity index (χ1v) is 11.9. The highest BCUT2D eigenvalue weighted by molar-refractivity contribution is 9.08. The van der Waals surface area contributed by atoms with Gasteiger partial charge in [0.15, 0.2) is 0 Å². The van der Waals surface area contributed by atoms with Crippen LogP contribution in [0.5, 0.6) is 0 Å². The van der Waals surface area contributed by atoms with E-state index in [0.29, 0.717) is 9.04 Å². The summed E-state index contributed by atoms with van der Waals surface area (Å²) in [7, 11) is -8.69. The number of sulfonamides is 2. The standard InChI is InChI=1S/C19H16BrNO4S2/c20-15-16-11-13-17(14-12-16)21(26(22,23)18-7-3-1-4-8-18)27(24,25)19-9-5-2-6-10-19/h1-14H,15H2. The van der Waals surface area contributed by atoms with Gasteiger partial charge in [-0.2, -0.15) is 3.71 Å². The lowest BCUT2D eigenvalue weighted by Gasteiger charge is -2.24. The highest BCUT2D eigenvalue weighted by Gasteiger charge is 2.36. The van der Waals surface area contributed by atoms with E-state index in [1.807, 2.05) is 0 Å². The van der Waals surface area contributed by atoms with Crippen molar-refractivity contribution in [2.45, 2.75) is 15.1 Å². The Labute approximate surface area is 167 Å². The van der Waals surface area contributed by atoms with Crippen molar-refractivity contribution in [3.8, 4) is 0 Å². The summed E-state index contributed by atoms with van der Waals surface area (Å²) in [4.78, 5) is -0.205. The summed E-state index contributed by atoms with van der Waals surface area (Å²) in [5.41, 5.74) is 0.945. The minimum atomic E-state index is -4.35. The maximum atomic E-state index is 13.2. The minimum Gasteiger partial charge on any atom is -0.200 e. The number of hydrogen-bond donors (Lipinski definition) is 0. The Bertz CT molecular complexity index is 1050. The van der Waals surface area contributed by atoms with Crippen LogP contribution in [0.4, 0.5) is 5.69 Å². The predicted molar refractivity (Wildman–Crippen MR) is 109 cm³/mol. The maximum Gasteiger partial charge on any atom is 0.277 e. The molecule has 0 aliphatic heterocycles. The van der Waals surface area contributed by atoms with E-state index in [9.17, 15) is 16.8 Å². The molecule has 0 unspecified atom stereocenters. The van der Waals surface area contributed by atoms with Gasteiger partial charge in [-0.15, -0.1) is 0 Å². The van der Waals surface area contributed by atoms with Gasteiger partial charge >= 0.3 is 0 Å². The lowest BCUT2D eigenvalue weighted by atomic mass is 10.2. The van der Waals surface area contributed by atoms with Crippen molar-refractivity contribution >= 4 is 41.7 Å². The second-order valence-electron chi connectivity index (χ2n) is 5.63. The first-order valence-electron chi connectivity index (χ1n) is 7.93. The second-order valence-corrected chi connectivity index (χ2v) is 10.00. The topological polar surface area (TPSA) is 71.5 Å². The lowest BCUT2D eigenvalue weighted by molar-refractivity contribution is 0.584. The lowest BCUT2D eigenvalue weighted by Crippen LogP contribution is -2.37. The smallest absolute Gasteiger partial charge is 0.200 e. The van der Waals surface area contributed by atoms with Gasteiger partial charge in [-0.3, -0.25) is 0 Å². The molecule has 3 rings (SSSR count). The molecule has 0 aliphatic carbocycles. The first-order chi connectivity index (χ1) is 12.9. The molecule has 0 amide bonds. The van der Waals surface area contributed by atoms with Gasteiger partial charge in [0, 0.05) is 5.33 Å². The van der Waals surface area contributed by atoms with E-state index in [1.165, 1.54) is 36.4 Å². The quantitative estimate of drug-likeness (QED) is 0.512. The van der Waals surface area contributed by atoms with Gasteiger partial charge in [-0.25, -0.2) is 16.8 Å². The summed E-state index contributed by atoms with van der Waals surface area (Å²) in [6.07, 6.45) is 0. The third-order valence-corrected chi connectivity index (χ3v) is 8.68. The Kier molecular flexibility index (Phi) is 5.69. The third-order valence-electron chi connectivity index (χ3n) is 3.82. The van der Waals surface area contributed by atoms with Crippen LogP contribution in [0.3, 0.4) is 0 Å². The molecule has 0 radical (unpaired) electrons. The Morgan fingerprint density at radius 2 is 1.04 bits per heavy atom. The molecule has 0 atom stereocenters. The van der Waals surface area contributed by atoms with E-state index in [4.69, 9.17) is 0 Å². The van der Waals surface area contributed by atoms with Crippen LogP contribution in [0.1, 0.15) is 5.56 Å². The molecule has 3 aromatic carbocycles. The van der Waals surface area contributed by atoms with Gasteiger partial charge in [0.25, 0.3) is 20.0 Å². The monoisotopic (exact) mass is 465 g/mol. The van der Waals surface area contributed by atoms with Crippen LogP contribution in [-0.2, 0) is 25.4 Å². The van der Waals surface area contributed by atoms with E-state index in [2.05, 4.69) is 15.9 Å². The van der Waals surface area contributed by atoms with Gasteiger partial charge in [0.1, 0.15) is 0 Å². The molecule has 0 N–H and O–H groups in total. The average molecular weight is 466 g/mol. The molecule has 0 aliphatic rings. The predicted octanol–water partition coefficient (Wildman–Crippen LogP) is 4.17. The number of benzene rings is 3. The molecule has 27 heavy (non-hydrogen) atoms. The Morgan fingerprint density at radius 3 is 1.41 bits per heavy atom. The average Bonchev–Trinajstić information content (AvgIpc) is 2.69. The SMILES string of the molecule is O=S(=O)(c1ccccc1)N(c1ccc(CBr)cc1)S(=O)(=O)c1ccccc1. The number of nitrogens with zero attached hydrogens (tertiary/aromatic N) is 1. The van der Waals surface area contributed by atoms with Crippen LogP contribution >= 0.6 is 15.9 Å². The van der Waals surface area contributed by atoms with Crippen LogP contribution in [0, 0.1) is 0 Å². The molecule has 140 valence electrons. The van der Waals surface area contributed by atoms with Crippen LogP contribution in [0.15, 0.2) is 94.7 Å². The summed E-state index contributed by atoms with van der Waals surface area (Å²) >= 11 is 3.32. The van der Waals surface area contributed by atoms with Crippen LogP contribution in [-0.4, -0.2) is 16.8 Å². The number of alkyl halides is 1. The van der Waals surface area contributed by atoms with Crippen molar-refractivity contribution in [2.24, 2.45) is 0 Å². The van der Waals surface area contributed by atoms with Crippen molar-refractivity contribution < 1.29 is 16.8 Å². The highest BCUT2D eigenvalue weighted by Crippen LogP contribution is 2.31. The van der Waals surface area contributed by atoms with E-state index >= 15 is 0 Å². The molecule has 0 fully saturated rings. The summed E-state index contributed by atoms with van der Waals surface area (Å²) in [6.45, 7) is 0. The zero-order chi connectivity index (χ0) is 19.5. The normalized spacial score (nSPS) is 11.9. The summed E-state index contributed by atoms with van der Waals surface area (Å²) in [5, 5.41) is 0.574. The van der Waals surface area contributed by atoms with E-state index in [1.54, 1.807) is 48.5 Å². The third kappa shape index (κ3) is 3.92. The van der Waals surface area contributed by atoms with E-state index in [-0.39, 0.29) is 15.5 Å². The number of anilines is 1. The Hall–Kier alpha value is -2.16. The number of hydrogen-bond acceptors (Lipinski definition) is 4. The zero-order valence-electron chi connectivity index (χ0n) is 14.1. The second kappa shape index (κ2) is 7.84. The van der Waals surface area contributed by atoms with Crippen LogP contribution in [0.2, 0.25) is 0 Å². The molecule has 0 bridgehead atoms. The molecular formula is C19H16BrNO4S2. The molecule has 5 nitrogen and oxygen atoms in total. The van der Waals surface area contributed by atoms with Gasteiger partial charge in [0.05, 0.1) is 15.5 Å². The van der Waals surface area contributed by atoms with Crippen molar-refractivity contribution in [1.29, 1.82) is 0 Å². The fourth-order valence-electron chi connectivity index (χ4n) is 2.49. The Balaban J connectivity index is 2.24. The zero-order valence-corrected chi connectivity index (χ0v) is 17.3. The van der Waals surface area contributed by atoms with Crippen molar-refractivity contribution in [1.82, 2.24) is 0 Å². The molecule has 0 saturated heterocycles. The highest BCUT2D eigenvalue weighted by atomic mass is 79.9. The van der Waals surface area contributed by atoms with Gasteiger partial charge in [-0.05, 0) is 42.0 Å². The number of rotatable bonds is 6. The molecule has 0 aromatic heterocycles. The van der Waals surface area contributed by atoms with Gasteiger partial charge < -0.3 is 0 Å². The van der Waals surface area contributed by atoms with Gasteiger partial charge in [-0.1, -0.05) is 64.5 Å². The summed E-state index contributed by atoms with van der Waals surface area (Å²) < 4.78 is 53.5. The minimum absolute atomic E-state index is 0.0485. The molecule has 8 heteroatoms. The molecule has 3 aromatic rings.